The first-order valence-corrected chi connectivity index (χ1v) is 16.4. The SMILES string of the molecule is CN(C)c1ccc2cc(C(=O)NS(=O)(=O)c3ccccc3OCCOCCOCCOCCNc3ccc(NO)c4nonc34)oc2c1. The molecule has 16 nitrogen and oxygen atoms in total. The predicted molar refractivity (Wildman–Crippen MR) is 175 cm³/mol. The Labute approximate surface area is 275 Å². The maximum absolute atomic E-state index is 13.1. The van der Waals surface area contributed by atoms with Crippen LogP contribution in [0.1, 0.15) is 10.6 Å². The highest BCUT2D eigenvalue weighted by atomic mass is 32.2. The molecule has 0 saturated heterocycles. The molecule has 17 heteroatoms. The number of rotatable bonds is 19. The number of carbonyl (C=O) groups excluding carboxylic acids is 1. The number of furan rings is 1. The van der Waals surface area contributed by atoms with Crippen LogP contribution in [0.5, 0.6) is 5.75 Å². The van der Waals surface area contributed by atoms with Crippen LogP contribution in [-0.4, -0.2) is 96.7 Å². The van der Waals surface area contributed by atoms with Crippen LogP contribution in [0.4, 0.5) is 17.1 Å². The molecule has 0 spiro atoms. The summed E-state index contributed by atoms with van der Waals surface area (Å²) in [5.74, 6) is -0.952. The number of hydrogen-bond donors (Lipinski definition) is 4. The molecule has 0 fully saturated rings. The highest BCUT2D eigenvalue weighted by molar-refractivity contribution is 7.90. The van der Waals surface area contributed by atoms with Gasteiger partial charge in [0.25, 0.3) is 10.0 Å². The lowest BCUT2D eigenvalue weighted by atomic mass is 10.2. The molecule has 48 heavy (non-hydrogen) atoms. The molecule has 0 aliphatic heterocycles. The Hall–Kier alpha value is -4.94. The van der Waals surface area contributed by atoms with Gasteiger partial charge in [0, 0.05) is 37.8 Å². The fourth-order valence-electron chi connectivity index (χ4n) is 4.54. The Morgan fingerprint density at radius 3 is 2.25 bits per heavy atom. The van der Waals surface area contributed by atoms with Crippen molar-refractivity contribution in [3.05, 3.63) is 66.4 Å². The van der Waals surface area contributed by atoms with Gasteiger partial charge in [0.1, 0.15) is 22.8 Å². The molecular weight excluding hydrogens is 648 g/mol. The van der Waals surface area contributed by atoms with Crippen molar-refractivity contribution < 1.29 is 46.4 Å². The molecule has 0 aliphatic rings. The zero-order valence-corrected chi connectivity index (χ0v) is 27.1. The smallest absolute Gasteiger partial charge is 0.300 e. The Morgan fingerprint density at radius 2 is 1.52 bits per heavy atom. The molecule has 0 unspecified atom stereocenters. The summed E-state index contributed by atoms with van der Waals surface area (Å²) >= 11 is 0. The minimum atomic E-state index is -4.28. The fraction of sp³-hybridized carbons (Fsp3) is 0.323. The van der Waals surface area contributed by atoms with E-state index in [2.05, 4.69) is 20.4 Å². The van der Waals surface area contributed by atoms with Crippen LogP contribution < -0.4 is 25.2 Å². The highest BCUT2D eigenvalue weighted by Crippen LogP contribution is 2.28. The van der Waals surface area contributed by atoms with E-state index in [0.717, 1.165) is 5.69 Å². The number of anilines is 3. The monoisotopic (exact) mass is 684 g/mol. The minimum Gasteiger partial charge on any atom is -0.490 e. The highest BCUT2D eigenvalue weighted by Gasteiger charge is 2.25. The maximum atomic E-state index is 13.1. The summed E-state index contributed by atoms with van der Waals surface area (Å²) in [5, 5.41) is 20.6. The largest absolute Gasteiger partial charge is 0.490 e. The number of sulfonamides is 1. The van der Waals surface area contributed by atoms with Crippen molar-refractivity contribution in [1.29, 1.82) is 0 Å². The Bertz CT molecular complexity index is 1930. The molecule has 0 saturated carbocycles. The van der Waals surface area contributed by atoms with Gasteiger partial charge in [-0.05, 0) is 52.8 Å². The molecule has 1 amide bonds. The third-order valence-electron chi connectivity index (χ3n) is 6.94. The third kappa shape index (κ3) is 8.69. The summed E-state index contributed by atoms with van der Waals surface area (Å²) in [4.78, 5) is 14.5. The lowest BCUT2D eigenvalue weighted by molar-refractivity contribution is 0.0107. The van der Waals surface area contributed by atoms with Gasteiger partial charge in [-0.2, -0.15) is 0 Å². The lowest BCUT2D eigenvalue weighted by Gasteiger charge is -2.12. The van der Waals surface area contributed by atoms with Crippen molar-refractivity contribution in [3.8, 4) is 5.75 Å². The van der Waals surface area contributed by atoms with Gasteiger partial charge in [-0.25, -0.2) is 17.8 Å². The van der Waals surface area contributed by atoms with E-state index in [1.54, 1.807) is 30.3 Å². The van der Waals surface area contributed by atoms with Crippen LogP contribution >= 0.6 is 0 Å². The number of carbonyl (C=O) groups is 1. The number of nitrogens with zero attached hydrogens (tertiary/aromatic N) is 3. The van der Waals surface area contributed by atoms with Crippen molar-refractivity contribution in [2.45, 2.75) is 4.90 Å². The van der Waals surface area contributed by atoms with E-state index >= 15 is 0 Å². The van der Waals surface area contributed by atoms with Crippen LogP contribution in [0.2, 0.25) is 0 Å². The van der Waals surface area contributed by atoms with Crippen molar-refractivity contribution in [2.24, 2.45) is 0 Å². The van der Waals surface area contributed by atoms with Crippen molar-refractivity contribution in [2.75, 3.05) is 82.6 Å². The zero-order valence-electron chi connectivity index (χ0n) is 26.3. The molecule has 0 atom stereocenters. The van der Waals surface area contributed by atoms with E-state index in [1.807, 2.05) is 30.5 Å². The van der Waals surface area contributed by atoms with Gasteiger partial charge in [-0.1, -0.05) is 12.1 Å². The Balaban J connectivity index is 0.962. The molecule has 3 aromatic carbocycles. The number of hydrogen-bond acceptors (Lipinski definition) is 15. The predicted octanol–water partition coefficient (Wildman–Crippen LogP) is 3.50. The summed E-state index contributed by atoms with van der Waals surface area (Å²) in [6.45, 7) is 2.57. The number of nitrogens with one attached hydrogen (secondary N) is 3. The molecule has 0 radical (unpaired) electrons. The summed E-state index contributed by atoms with van der Waals surface area (Å²) in [5.41, 5.74) is 5.36. The number of fused-ring (bicyclic) bond motifs is 2. The normalized spacial score (nSPS) is 11.6. The Kier molecular flexibility index (Phi) is 11.6. The lowest BCUT2D eigenvalue weighted by Crippen LogP contribution is -2.30. The van der Waals surface area contributed by atoms with Crippen molar-refractivity contribution in [3.63, 3.8) is 0 Å². The fourth-order valence-corrected chi connectivity index (χ4v) is 5.64. The quantitative estimate of drug-likeness (QED) is 0.0727. The van der Waals surface area contributed by atoms with E-state index < -0.39 is 15.9 Å². The van der Waals surface area contributed by atoms with Gasteiger partial charge in [-0.15, -0.1) is 0 Å². The van der Waals surface area contributed by atoms with E-state index in [9.17, 15) is 13.2 Å². The standard InChI is InChI=1S/C31H36N6O10S/c1-37(2)22-8-7-21-19-27(46-26(21)20-22)31(38)36-48(40,41)28-6-4-3-5-25(28)45-18-17-44-16-15-43-14-13-42-12-11-32-23-9-10-24(33-39)30-29(23)34-47-35-30/h3-10,19-20,32-33,39H,11-18H2,1-2H3,(H,36,38). The minimum absolute atomic E-state index is 0.0737. The third-order valence-corrected chi connectivity index (χ3v) is 8.31. The van der Waals surface area contributed by atoms with E-state index in [1.165, 1.54) is 24.3 Å². The summed E-state index contributed by atoms with van der Waals surface area (Å²) in [7, 11) is -0.521. The summed E-state index contributed by atoms with van der Waals surface area (Å²) < 4.78 is 60.9. The number of aromatic nitrogens is 2. The first kappa shape index (κ1) is 34.4. The summed E-state index contributed by atoms with van der Waals surface area (Å²) in [6.07, 6.45) is 0. The molecule has 4 N–H and O–H groups in total. The first-order valence-electron chi connectivity index (χ1n) is 14.9. The van der Waals surface area contributed by atoms with Crippen LogP contribution in [0.15, 0.2) is 74.6 Å². The topological polar surface area (TPSA) is 200 Å². The molecule has 0 aliphatic carbocycles. The van der Waals surface area contributed by atoms with Crippen molar-refractivity contribution >= 4 is 55.0 Å². The molecule has 5 rings (SSSR count). The van der Waals surface area contributed by atoms with Gasteiger partial charge in [-0.3, -0.25) is 15.5 Å². The van der Waals surface area contributed by atoms with Crippen LogP contribution in [0.25, 0.3) is 22.0 Å². The number of amides is 1. The van der Waals surface area contributed by atoms with E-state index in [0.29, 0.717) is 73.0 Å². The van der Waals surface area contributed by atoms with Crippen LogP contribution in [-0.2, 0) is 24.2 Å². The second-order valence-electron chi connectivity index (χ2n) is 10.5. The average Bonchev–Trinajstić information content (AvgIpc) is 3.75. The van der Waals surface area contributed by atoms with Gasteiger partial charge in [0.2, 0.25) is 0 Å². The van der Waals surface area contributed by atoms with Crippen LogP contribution in [0.3, 0.4) is 0 Å². The van der Waals surface area contributed by atoms with Gasteiger partial charge in [0.05, 0.1) is 51.0 Å². The van der Waals surface area contributed by atoms with E-state index in [4.69, 9.17) is 33.2 Å². The van der Waals surface area contributed by atoms with Gasteiger partial charge >= 0.3 is 5.91 Å². The summed E-state index contributed by atoms with van der Waals surface area (Å²) in [6, 6.07) is 16.3. The molecule has 5 aromatic rings. The first-order chi connectivity index (χ1) is 23.3. The molecule has 0 bridgehead atoms. The average molecular weight is 685 g/mol. The second-order valence-corrected chi connectivity index (χ2v) is 12.1. The molecule has 2 heterocycles. The second kappa shape index (κ2) is 16.2. The van der Waals surface area contributed by atoms with E-state index in [-0.39, 0.29) is 29.6 Å². The molecule has 2 aromatic heterocycles. The van der Waals surface area contributed by atoms with Crippen LogP contribution in [0, 0.1) is 0 Å². The molecule has 256 valence electrons. The molecular formula is C31H36N6O10S. The van der Waals surface area contributed by atoms with Gasteiger partial charge in [0.15, 0.2) is 16.8 Å². The number of para-hydroxylation sites is 1. The van der Waals surface area contributed by atoms with Crippen molar-refractivity contribution in [1.82, 2.24) is 15.0 Å². The zero-order chi connectivity index (χ0) is 33.9. The maximum Gasteiger partial charge on any atom is 0.300 e. The van der Waals surface area contributed by atoms with Gasteiger partial charge < -0.3 is 33.6 Å². The number of benzene rings is 3. The number of ether oxygens (including phenoxy) is 4. The Morgan fingerprint density at radius 1 is 0.854 bits per heavy atom.